The number of hydrogen-bond donors (Lipinski definition) is 1. The van der Waals surface area contributed by atoms with E-state index in [1.807, 2.05) is 0 Å². The first-order valence-electron chi connectivity index (χ1n) is 9.09. The fourth-order valence-corrected chi connectivity index (χ4v) is 6.01. The van der Waals surface area contributed by atoms with Crippen LogP contribution in [-0.4, -0.2) is 18.6 Å². The smallest absolute Gasteiger partial charge is 0.217 e. The SMILES string of the molecule is CC(=O)N[C@H]1C(C)(C)[C@@H]2C[C@@H]3[C@@H](c4ccc(F)c(F)c4)OCC[C@@]31C2. The zero-order valence-electron chi connectivity index (χ0n) is 14.9. The molecular formula is C20H25F2NO2. The lowest BCUT2D eigenvalue weighted by Crippen LogP contribution is -2.58. The highest BCUT2D eigenvalue weighted by molar-refractivity contribution is 5.73. The Morgan fingerprint density at radius 1 is 1.28 bits per heavy atom. The van der Waals surface area contributed by atoms with E-state index in [-0.39, 0.29) is 34.8 Å². The second kappa shape index (κ2) is 5.50. The summed E-state index contributed by atoms with van der Waals surface area (Å²) in [5.41, 5.74) is 0.723. The maximum atomic E-state index is 13.7. The van der Waals surface area contributed by atoms with Gasteiger partial charge in [0.2, 0.25) is 5.91 Å². The predicted octanol–water partition coefficient (Wildman–Crippen LogP) is 3.98. The zero-order chi connectivity index (χ0) is 18.0. The lowest BCUT2D eigenvalue weighted by Gasteiger charge is -2.53. The second-order valence-electron chi connectivity index (χ2n) is 8.65. The first-order chi connectivity index (χ1) is 11.8. The van der Waals surface area contributed by atoms with Gasteiger partial charge < -0.3 is 10.1 Å². The number of ether oxygens (including phenoxy) is 1. The van der Waals surface area contributed by atoms with Crippen LogP contribution in [0.15, 0.2) is 18.2 Å². The summed E-state index contributed by atoms with van der Waals surface area (Å²) >= 11 is 0. The Balaban J connectivity index is 1.72. The van der Waals surface area contributed by atoms with Crippen molar-refractivity contribution in [1.29, 1.82) is 0 Å². The number of halogens is 2. The molecule has 2 aliphatic carbocycles. The normalized spacial score (nSPS) is 38.4. The summed E-state index contributed by atoms with van der Waals surface area (Å²) in [5, 5.41) is 3.22. The van der Waals surface area contributed by atoms with Crippen molar-refractivity contribution in [1.82, 2.24) is 5.32 Å². The molecule has 3 fully saturated rings. The molecule has 1 spiro atoms. The van der Waals surface area contributed by atoms with Gasteiger partial charge >= 0.3 is 0 Å². The van der Waals surface area contributed by atoms with E-state index in [4.69, 9.17) is 4.74 Å². The third-order valence-electron chi connectivity index (χ3n) is 7.12. The molecule has 0 aromatic heterocycles. The Bertz CT molecular complexity index is 720. The van der Waals surface area contributed by atoms with Crippen LogP contribution in [0.25, 0.3) is 0 Å². The average molecular weight is 349 g/mol. The topological polar surface area (TPSA) is 38.3 Å². The van der Waals surface area contributed by atoms with Gasteiger partial charge in [0.05, 0.1) is 6.10 Å². The molecule has 1 amide bonds. The third-order valence-corrected chi connectivity index (χ3v) is 7.12. The minimum absolute atomic E-state index is 0.00498. The number of nitrogens with one attached hydrogen (secondary N) is 1. The van der Waals surface area contributed by atoms with Crippen molar-refractivity contribution < 1.29 is 18.3 Å². The van der Waals surface area contributed by atoms with Crippen molar-refractivity contribution in [2.75, 3.05) is 6.61 Å². The second-order valence-corrected chi connectivity index (χ2v) is 8.65. The Morgan fingerprint density at radius 2 is 2.04 bits per heavy atom. The van der Waals surface area contributed by atoms with Crippen molar-refractivity contribution in [3.8, 4) is 0 Å². The van der Waals surface area contributed by atoms with Gasteiger partial charge in [-0.05, 0) is 59.6 Å². The van der Waals surface area contributed by atoms with Gasteiger partial charge in [-0.2, -0.15) is 0 Å². The Morgan fingerprint density at radius 3 is 2.72 bits per heavy atom. The quantitative estimate of drug-likeness (QED) is 0.877. The molecule has 136 valence electrons. The molecular weight excluding hydrogens is 324 g/mol. The highest BCUT2D eigenvalue weighted by Crippen LogP contribution is 2.70. The lowest BCUT2D eigenvalue weighted by atomic mass is 9.59. The number of benzene rings is 1. The molecule has 2 saturated carbocycles. The van der Waals surface area contributed by atoms with E-state index < -0.39 is 11.6 Å². The molecule has 0 radical (unpaired) electrons. The molecule has 25 heavy (non-hydrogen) atoms. The van der Waals surface area contributed by atoms with Crippen molar-refractivity contribution in [2.24, 2.45) is 22.7 Å². The van der Waals surface area contributed by atoms with Crippen LogP contribution in [0.1, 0.15) is 51.7 Å². The summed E-state index contributed by atoms with van der Waals surface area (Å²) in [6.45, 7) is 6.63. The summed E-state index contributed by atoms with van der Waals surface area (Å²) < 4.78 is 33.1. The number of carbonyl (C=O) groups is 1. The lowest BCUT2D eigenvalue weighted by molar-refractivity contribution is -0.136. The summed E-state index contributed by atoms with van der Waals surface area (Å²) in [4.78, 5) is 11.8. The van der Waals surface area contributed by atoms with Crippen molar-refractivity contribution >= 4 is 5.91 Å². The van der Waals surface area contributed by atoms with Crippen molar-refractivity contribution in [3.05, 3.63) is 35.4 Å². The van der Waals surface area contributed by atoms with Gasteiger partial charge in [-0.25, -0.2) is 8.78 Å². The van der Waals surface area contributed by atoms with Crippen molar-refractivity contribution in [2.45, 2.75) is 52.2 Å². The van der Waals surface area contributed by atoms with Crippen LogP contribution in [0.4, 0.5) is 8.78 Å². The summed E-state index contributed by atoms with van der Waals surface area (Å²) in [6, 6.07) is 4.17. The average Bonchev–Trinajstić information content (AvgIpc) is 3.03. The van der Waals surface area contributed by atoms with E-state index in [0.717, 1.165) is 19.3 Å². The first kappa shape index (κ1) is 17.0. The number of rotatable bonds is 2. The minimum atomic E-state index is -0.834. The molecule has 0 unspecified atom stereocenters. The van der Waals surface area contributed by atoms with E-state index in [2.05, 4.69) is 19.2 Å². The number of amides is 1. The van der Waals surface area contributed by atoms with Crippen LogP contribution >= 0.6 is 0 Å². The fraction of sp³-hybridized carbons (Fsp3) is 0.650. The van der Waals surface area contributed by atoms with E-state index in [9.17, 15) is 13.6 Å². The molecule has 1 saturated heterocycles. The molecule has 5 atom stereocenters. The molecule has 3 aliphatic rings. The third kappa shape index (κ3) is 2.35. The largest absolute Gasteiger partial charge is 0.373 e. The van der Waals surface area contributed by atoms with E-state index in [1.165, 1.54) is 12.1 Å². The maximum absolute atomic E-state index is 13.7. The Labute approximate surface area is 147 Å². The van der Waals surface area contributed by atoms with Gasteiger partial charge in [0.15, 0.2) is 11.6 Å². The number of fused-ring (bicyclic) bond motifs is 1. The van der Waals surface area contributed by atoms with Gasteiger partial charge in [-0.3, -0.25) is 4.79 Å². The Kier molecular flexibility index (Phi) is 3.73. The molecule has 1 heterocycles. The minimum Gasteiger partial charge on any atom is -0.373 e. The van der Waals surface area contributed by atoms with Gasteiger partial charge in [0, 0.05) is 19.6 Å². The zero-order valence-corrected chi connectivity index (χ0v) is 14.9. The summed E-state index contributed by atoms with van der Waals surface area (Å²) in [5.74, 6) is -0.943. The maximum Gasteiger partial charge on any atom is 0.217 e. The highest BCUT2D eigenvalue weighted by atomic mass is 19.2. The molecule has 5 heteroatoms. The van der Waals surface area contributed by atoms with Crippen LogP contribution in [0.5, 0.6) is 0 Å². The molecule has 4 rings (SSSR count). The summed E-state index contributed by atoms with van der Waals surface area (Å²) in [6.07, 6.45) is 2.75. The van der Waals surface area contributed by atoms with Crippen LogP contribution < -0.4 is 5.32 Å². The van der Waals surface area contributed by atoms with Gasteiger partial charge in [0.1, 0.15) is 0 Å². The predicted molar refractivity (Wildman–Crippen MR) is 89.7 cm³/mol. The monoisotopic (exact) mass is 349 g/mol. The van der Waals surface area contributed by atoms with E-state index in [1.54, 1.807) is 13.0 Å². The van der Waals surface area contributed by atoms with E-state index in [0.29, 0.717) is 18.1 Å². The number of hydrogen-bond acceptors (Lipinski definition) is 2. The number of carbonyl (C=O) groups excluding carboxylic acids is 1. The van der Waals surface area contributed by atoms with Gasteiger partial charge in [-0.15, -0.1) is 0 Å². The fourth-order valence-electron chi connectivity index (χ4n) is 6.01. The summed E-state index contributed by atoms with van der Waals surface area (Å²) in [7, 11) is 0. The molecule has 1 aromatic rings. The van der Waals surface area contributed by atoms with Crippen LogP contribution in [0, 0.1) is 34.3 Å². The van der Waals surface area contributed by atoms with Gasteiger partial charge in [-0.1, -0.05) is 19.9 Å². The molecule has 1 aromatic carbocycles. The van der Waals surface area contributed by atoms with Gasteiger partial charge in [0.25, 0.3) is 0 Å². The van der Waals surface area contributed by atoms with Crippen LogP contribution in [-0.2, 0) is 9.53 Å². The molecule has 1 aliphatic heterocycles. The standard InChI is InChI=1S/C20H25F2NO2/c1-11(24)23-18-19(2,3)13-9-14-17(25-7-6-20(14,18)10-13)12-4-5-15(21)16(22)8-12/h4-5,8,13-14,17-18H,6-7,9-10H2,1-3H3,(H,23,24)/t13-,14-,17-,18+,20-/m1/s1. The molecule has 1 N–H and O–H groups in total. The van der Waals surface area contributed by atoms with E-state index >= 15 is 0 Å². The Hall–Kier alpha value is -1.49. The van der Waals surface area contributed by atoms with Crippen LogP contribution in [0.3, 0.4) is 0 Å². The molecule has 2 bridgehead atoms. The highest BCUT2D eigenvalue weighted by Gasteiger charge is 2.68. The molecule has 3 nitrogen and oxygen atoms in total. The first-order valence-corrected chi connectivity index (χ1v) is 9.09. The van der Waals surface area contributed by atoms with Crippen LogP contribution in [0.2, 0.25) is 0 Å². The van der Waals surface area contributed by atoms with Crippen molar-refractivity contribution in [3.63, 3.8) is 0 Å².